The summed E-state index contributed by atoms with van der Waals surface area (Å²) in [4.78, 5) is 1.78. The largest absolute Gasteiger partial charge is 0.305 e. The fraction of sp³-hybridized carbons (Fsp3) is 0.182. The molecular formula is C11H13N3. The summed E-state index contributed by atoms with van der Waals surface area (Å²) >= 11 is 0. The van der Waals surface area contributed by atoms with E-state index in [0.29, 0.717) is 0 Å². The quantitative estimate of drug-likeness (QED) is 0.795. The van der Waals surface area contributed by atoms with Crippen LogP contribution in [-0.2, 0) is 6.54 Å². The van der Waals surface area contributed by atoms with Gasteiger partial charge in [0.2, 0.25) is 0 Å². The third-order valence-electron chi connectivity index (χ3n) is 2.11. The predicted octanol–water partition coefficient (Wildman–Crippen LogP) is 1.94. The summed E-state index contributed by atoms with van der Waals surface area (Å²) in [6.45, 7) is 2.81. The van der Waals surface area contributed by atoms with Crippen LogP contribution in [0.4, 0.5) is 0 Å². The van der Waals surface area contributed by atoms with E-state index in [0.717, 1.165) is 12.2 Å². The Bertz CT molecular complexity index is 392. The number of hydrogen-bond donors (Lipinski definition) is 1. The maximum absolute atomic E-state index is 4.14. The number of nitrogens with zero attached hydrogens (tertiary/aromatic N) is 2. The van der Waals surface area contributed by atoms with Crippen LogP contribution >= 0.6 is 0 Å². The topological polar surface area (TPSA) is 29.9 Å². The van der Waals surface area contributed by atoms with Gasteiger partial charge in [-0.1, -0.05) is 30.3 Å². The Morgan fingerprint density at radius 3 is 2.64 bits per heavy atom. The standard InChI is InChI=1S/C11H13N3/c1-10-7-8-12-14(10)13-9-11-5-3-2-4-6-11/h2-8,13H,9H2,1H3. The van der Waals surface area contributed by atoms with Gasteiger partial charge >= 0.3 is 0 Å². The maximum Gasteiger partial charge on any atom is 0.0588 e. The fourth-order valence-electron chi connectivity index (χ4n) is 1.30. The van der Waals surface area contributed by atoms with E-state index < -0.39 is 0 Å². The highest BCUT2D eigenvalue weighted by molar-refractivity contribution is 5.15. The summed E-state index contributed by atoms with van der Waals surface area (Å²) in [5, 5.41) is 4.14. The van der Waals surface area contributed by atoms with Gasteiger partial charge in [0.1, 0.15) is 0 Å². The average Bonchev–Trinajstić information content (AvgIpc) is 2.63. The van der Waals surface area contributed by atoms with E-state index in [1.54, 1.807) is 11.0 Å². The highest BCUT2D eigenvalue weighted by Gasteiger charge is 1.95. The van der Waals surface area contributed by atoms with E-state index in [9.17, 15) is 0 Å². The minimum atomic E-state index is 0.795. The first-order valence-electron chi connectivity index (χ1n) is 4.65. The van der Waals surface area contributed by atoms with Crippen LogP contribution in [0.3, 0.4) is 0 Å². The summed E-state index contributed by atoms with van der Waals surface area (Å²) in [6.07, 6.45) is 1.79. The molecule has 1 aromatic carbocycles. The van der Waals surface area contributed by atoms with Gasteiger partial charge in [0, 0.05) is 0 Å². The molecule has 0 saturated carbocycles. The van der Waals surface area contributed by atoms with Gasteiger partial charge in [0.15, 0.2) is 0 Å². The molecule has 0 bridgehead atoms. The lowest BCUT2D eigenvalue weighted by molar-refractivity contribution is 0.709. The molecule has 2 rings (SSSR count). The number of hydrogen-bond acceptors (Lipinski definition) is 2. The Labute approximate surface area is 83.3 Å². The molecule has 0 amide bonds. The molecule has 1 heterocycles. The maximum atomic E-state index is 4.14. The van der Waals surface area contributed by atoms with E-state index in [2.05, 4.69) is 22.7 Å². The number of aryl methyl sites for hydroxylation is 1. The van der Waals surface area contributed by atoms with E-state index >= 15 is 0 Å². The highest BCUT2D eigenvalue weighted by Crippen LogP contribution is 1.99. The Hall–Kier alpha value is -1.77. The van der Waals surface area contributed by atoms with Crippen molar-refractivity contribution in [2.24, 2.45) is 0 Å². The predicted molar refractivity (Wildman–Crippen MR) is 56.5 cm³/mol. The SMILES string of the molecule is Cc1ccnn1NCc1ccccc1. The molecule has 0 saturated heterocycles. The highest BCUT2D eigenvalue weighted by atomic mass is 15.6. The zero-order chi connectivity index (χ0) is 9.80. The van der Waals surface area contributed by atoms with Crippen molar-refractivity contribution < 1.29 is 0 Å². The van der Waals surface area contributed by atoms with Gasteiger partial charge < -0.3 is 5.43 Å². The third kappa shape index (κ3) is 1.93. The van der Waals surface area contributed by atoms with Crippen molar-refractivity contribution in [3.63, 3.8) is 0 Å². The summed E-state index contributed by atoms with van der Waals surface area (Å²) in [5.74, 6) is 0. The summed E-state index contributed by atoms with van der Waals surface area (Å²) < 4.78 is 0. The molecular weight excluding hydrogens is 174 g/mol. The summed E-state index contributed by atoms with van der Waals surface area (Å²) in [7, 11) is 0. The van der Waals surface area contributed by atoms with E-state index in [4.69, 9.17) is 0 Å². The first-order chi connectivity index (χ1) is 6.86. The van der Waals surface area contributed by atoms with Crippen molar-refractivity contribution in [2.45, 2.75) is 13.5 Å². The average molecular weight is 187 g/mol. The van der Waals surface area contributed by atoms with Gasteiger partial charge in [-0.3, -0.25) is 0 Å². The van der Waals surface area contributed by atoms with Crippen LogP contribution in [0, 0.1) is 6.92 Å². The molecule has 0 aliphatic heterocycles. The number of nitrogens with one attached hydrogen (secondary N) is 1. The lowest BCUT2D eigenvalue weighted by atomic mass is 10.2. The molecule has 0 aliphatic carbocycles. The van der Waals surface area contributed by atoms with Gasteiger partial charge in [0.05, 0.1) is 18.4 Å². The van der Waals surface area contributed by atoms with Crippen molar-refractivity contribution in [3.8, 4) is 0 Å². The molecule has 1 aromatic heterocycles. The molecule has 14 heavy (non-hydrogen) atoms. The Balaban J connectivity index is 1.99. The second-order valence-electron chi connectivity index (χ2n) is 3.20. The second kappa shape index (κ2) is 3.96. The smallest absolute Gasteiger partial charge is 0.0588 e. The van der Waals surface area contributed by atoms with E-state index in [-0.39, 0.29) is 0 Å². The van der Waals surface area contributed by atoms with Crippen LogP contribution in [0.15, 0.2) is 42.6 Å². The van der Waals surface area contributed by atoms with Gasteiger partial charge in [-0.25, -0.2) is 0 Å². The molecule has 0 fully saturated rings. The molecule has 72 valence electrons. The van der Waals surface area contributed by atoms with Crippen molar-refractivity contribution in [3.05, 3.63) is 53.9 Å². The Morgan fingerprint density at radius 2 is 2.00 bits per heavy atom. The van der Waals surface area contributed by atoms with Crippen LogP contribution in [0.1, 0.15) is 11.3 Å². The molecule has 0 aliphatic rings. The fourth-order valence-corrected chi connectivity index (χ4v) is 1.30. The van der Waals surface area contributed by atoms with Gasteiger partial charge in [-0.05, 0) is 18.6 Å². The van der Waals surface area contributed by atoms with Gasteiger partial charge in [0.25, 0.3) is 0 Å². The van der Waals surface area contributed by atoms with Gasteiger partial charge in [-0.2, -0.15) is 9.89 Å². The van der Waals surface area contributed by atoms with Crippen molar-refractivity contribution in [2.75, 3.05) is 5.43 Å². The van der Waals surface area contributed by atoms with Crippen LogP contribution < -0.4 is 5.43 Å². The van der Waals surface area contributed by atoms with Crippen LogP contribution in [-0.4, -0.2) is 9.89 Å². The van der Waals surface area contributed by atoms with E-state index in [1.165, 1.54) is 5.56 Å². The molecule has 0 spiro atoms. The molecule has 3 heteroatoms. The monoisotopic (exact) mass is 187 g/mol. The van der Waals surface area contributed by atoms with Crippen molar-refractivity contribution in [1.82, 2.24) is 9.89 Å². The van der Waals surface area contributed by atoms with Crippen molar-refractivity contribution >= 4 is 0 Å². The van der Waals surface area contributed by atoms with Crippen LogP contribution in [0.2, 0.25) is 0 Å². The van der Waals surface area contributed by atoms with E-state index in [1.807, 2.05) is 31.2 Å². The first kappa shape index (κ1) is 8.81. The van der Waals surface area contributed by atoms with Crippen LogP contribution in [0.5, 0.6) is 0 Å². The summed E-state index contributed by atoms with van der Waals surface area (Å²) in [6, 6.07) is 12.2. The molecule has 0 radical (unpaired) electrons. The van der Waals surface area contributed by atoms with Crippen molar-refractivity contribution in [1.29, 1.82) is 0 Å². The Morgan fingerprint density at radius 1 is 1.21 bits per heavy atom. The normalized spacial score (nSPS) is 10.1. The number of benzene rings is 1. The number of aromatic nitrogens is 2. The number of rotatable bonds is 3. The third-order valence-corrected chi connectivity index (χ3v) is 2.11. The summed E-state index contributed by atoms with van der Waals surface area (Å²) in [5.41, 5.74) is 5.58. The minimum Gasteiger partial charge on any atom is -0.305 e. The zero-order valence-electron chi connectivity index (χ0n) is 8.14. The molecule has 0 unspecified atom stereocenters. The molecule has 1 N–H and O–H groups in total. The lowest BCUT2D eigenvalue weighted by Gasteiger charge is -2.07. The Kier molecular flexibility index (Phi) is 2.49. The molecule has 3 nitrogen and oxygen atoms in total. The first-order valence-corrected chi connectivity index (χ1v) is 4.65. The lowest BCUT2D eigenvalue weighted by Crippen LogP contribution is -2.16. The van der Waals surface area contributed by atoms with Crippen LogP contribution in [0.25, 0.3) is 0 Å². The van der Waals surface area contributed by atoms with Gasteiger partial charge in [-0.15, -0.1) is 0 Å². The second-order valence-corrected chi connectivity index (χ2v) is 3.20. The minimum absolute atomic E-state index is 0.795. The molecule has 0 atom stereocenters. The molecule has 2 aromatic rings. The zero-order valence-corrected chi connectivity index (χ0v) is 8.14.